The van der Waals surface area contributed by atoms with Crippen molar-refractivity contribution < 1.29 is 4.79 Å². The number of imidazole rings is 1. The molecule has 7 nitrogen and oxygen atoms in total. The van der Waals surface area contributed by atoms with Crippen molar-refractivity contribution in [2.45, 2.75) is 25.9 Å². The number of rotatable bonds is 6. The number of carbonyl (C=O) groups is 1. The molecule has 2 heterocycles. The van der Waals surface area contributed by atoms with Gasteiger partial charge < -0.3 is 15.2 Å². The Morgan fingerprint density at radius 1 is 1.14 bits per heavy atom. The highest BCUT2D eigenvalue weighted by molar-refractivity contribution is 5.85. The van der Waals surface area contributed by atoms with Gasteiger partial charge in [-0.1, -0.05) is 12.1 Å². The van der Waals surface area contributed by atoms with Crippen molar-refractivity contribution in [2.75, 3.05) is 7.05 Å². The summed E-state index contributed by atoms with van der Waals surface area (Å²) in [5.74, 6) is 0.856. The molecule has 28 heavy (non-hydrogen) atoms. The molecule has 152 valence electrons. The number of benzene rings is 1. The second-order valence-corrected chi connectivity index (χ2v) is 6.34. The Bertz CT molecular complexity index is 890. The predicted molar refractivity (Wildman–Crippen MR) is 114 cm³/mol. The van der Waals surface area contributed by atoms with Gasteiger partial charge in [0.05, 0.1) is 12.2 Å². The lowest BCUT2D eigenvalue weighted by molar-refractivity contribution is -0.123. The van der Waals surface area contributed by atoms with Crippen molar-refractivity contribution in [3.8, 4) is 5.69 Å². The molecule has 1 amide bonds. The minimum Gasteiger partial charge on any atom is -0.348 e. The molecule has 3 rings (SSSR count). The van der Waals surface area contributed by atoms with Crippen molar-refractivity contribution >= 4 is 30.7 Å². The van der Waals surface area contributed by atoms with E-state index in [1.165, 1.54) is 0 Å². The van der Waals surface area contributed by atoms with Gasteiger partial charge in [-0.15, -0.1) is 24.8 Å². The average Bonchev–Trinajstić information content (AvgIpc) is 3.24. The average molecular weight is 425 g/mol. The van der Waals surface area contributed by atoms with Crippen molar-refractivity contribution in [3.05, 3.63) is 66.0 Å². The summed E-state index contributed by atoms with van der Waals surface area (Å²) in [6.07, 6.45) is 7.25. The van der Waals surface area contributed by atoms with Crippen molar-refractivity contribution in [1.29, 1.82) is 0 Å². The number of nitrogens with zero attached hydrogens (tertiary/aromatic N) is 4. The summed E-state index contributed by atoms with van der Waals surface area (Å²) in [6, 6.07) is 7.58. The van der Waals surface area contributed by atoms with Gasteiger partial charge >= 0.3 is 0 Å². The number of amides is 1. The third kappa shape index (κ3) is 5.13. The molecule has 2 aromatic heterocycles. The monoisotopic (exact) mass is 424 g/mol. The summed E-state index contributed by atoms with van der Waals surface area (Å²) >= 11 is 0. The van der Waals surface area contributed by atoms with Crippen LogP contribution in [0.5, 0.6) is 0 Å². The molecule has 9 heteroatoms. The van der Waals surface area contributed by atoms with Crippen molar-refractivity contribution in [3.63, 3.8) is 0 Å². The molecule has 0 saturated carbocycles. The smallest absolute Gasteiger partial charge is 0.242 e. The van der Waals surface area contributed by atoms with Crippen LogP contribution in [0.25, 0.3) is 5.69 Å². The third-order valence-corrected chi connectivity index (χ3v) is 4.46. The van der Waals surface area contributed by atoms with Gasteiger partial charge in [0.15, 0.2) is 0 Å². The summed E-state index contributed by atoms with van der Waals surface area (Å²) in [5.41, 5.74) is 2.93. The zero-order valence-electron chi connectivity index (χ0n) is 16.3. The molecule has 0 fully saturated rings. The Morgan fingerprint density at radius 2 is 1.82 bits per heavy atom. The second-order valence-electron chi connectivity index (χ2n) is 6.34. The highest BCUT2D eigenvalue weighted by atomic mass is 35.5. The van der Waals surface area contributed by atoms with Crippen LogP contribution in [0, 0.1) is 6.92 Å². The fourth-order valence-corrected chi connectivity index (χ4v) is 2.99. The molecule has 3 aromatic rings. The molecule has 2 N–H and O–H groups in total. The topological polar surface area (TPSA) is 76.8 Å². The van der Waals surface area contributed by atoms with Crippen LogP contribution in [-0.2, 0) is 11.8 Å². The Hall–Kier alpha value is -2.35. The minimum atomic E-state index is -0.431. The van der Waals surface area contributed by atoms with Crippen molar-refractivity contribution in [1.82, 2.24) is 30.0 Å². The van der Waals surface area contributed by atoms with E-state index in [4.69, 9.17) is 0 Å². The maximum atomic E-state index is 12.6. The van der Waals surface area contributed by atoms with Gasteiger partial charge in [0, 0.05) is 36.9 Å². The van der Waals surface area contributed by atoms with Gasteiger partial charge in [-0.2, -0.15) is 5.10 Å². The SMILES string of the molecule is CNC(C(=O)NC(C)c1ccc(-n2ccnc2C)cc1)c1cnn(C)c1.Cl.Cl. The zero-order chi connectivity index (χ0) is 18.7. The van der Waals surface area contributed by atoms with Gasteiger partial charge in [-0.25, -0.2) is 4.98 Å². The van der Waals surface area contributed by atoms with E-state index >= 15 is 0 Å². The summed E-state index contributed by atoms with van der Waals surface area (Å²) < 4.78 is 3.71. The van der Waals surface area contributed by atoms with E-state index in [1.807, 2.05) is 62.1 Å². The molecular formula is C19H26Cl2N6O. The fourth-order valence-electron chi connectivity index (χ4n) is 2.99. The van der Waals surface area contributed by atoms with Crippen LogP contribution >= 0.6 is 24.8 Å². The largest absolute Gasteiger partial charge is 0.348 e. The molecule has 0 aliphatic heterocycles. The fraction of sp³-hybridized carbons (Fsp3) is 0.316. The molecule has 1 aromatic carbocycles. The highest BCUT2D eigenvalue weighted by Gasteiger charge is 2.22. The maximum Gasteiger partial charge on any atom is 0.242 e. The normalized spacial score (nSPS) is 12.4. The van der Waals surface area contributed by atoms with Gasteiger partial charge in [0.2, 0.25) is 5.91 Å². The van der Waals surface area contributed by atoms with Crippen LogP contribution in [-0.4, -0.2) is 32.3 Å². The second kappa shape index (κ2) is 10.3. The van der Waals surface area contributed by atoms with Gasteiger partial charge in [0.1, 0.15) is 11.9 Å². The third-order valence-electron chi connectivity index (χ3n) is 4.46. The minimum absolute atomic E-state index is 0. The molecule has 0 radical (unpaired) electrons. The Morgan fingerprint density at radius 3 is 2.32 bits per heavy atom. The summed E-state index contributed by atoms with van der Waals surface area (Å²) in [7, 11) is 3.60. The Balaban J connectivity index is 0.00000196. The molecular weight excluding hydrogens is 399 g/mol. The first kappa shape index (κ1) is 23.7. The predicted octanol–water partition coefficient (Wildman–Crippen LogP) is 2.90. The van der Waals surface area contributed by atoms with Gasteiger partial charge in [-0.05, 0) is 38.6 Å². The van der Waals surface area contributed by atoms with Crippen LogP contribution in [0.3, 0.4) is 0 Å². The number of hydrogen-bond donors (Lipinski definition) is 2. The van der Waals surface area contributed by atoms with E-state index in [1.54, 1.807) is 24.1 Å². The van der Waals surface area contributed by atoms with Crippen LogP contribution in [0.4, 0.5) is 0 Å². The molecule has 2 unspecified atom stereocenters. The van der Waals surface area contributed by atoms with Gasteiger partial charge in [0.25, 0.3) is 0 Å². The maximum absolute atomic E-state index is 12.6. The highest BCUT2D eigenvalue weighted by Crippen LogP contribution is 2.19. The van der Waals surface area contributed by atoms with Crippen LogP contribution < -0.4 is 10.6 Å². The van der Waals surface area contributed by atoms with E-state index < -0.39 is 6.04 Å². The first-order valence-electron chi connectivity index (χ1n) is 8.56. The quantitative estimate of drug-likeness (QED) is 0.637. The lowest BCUT2D eigenvalue weighted by atomic mass is 10.1. The number of aromatic nitrogens is 4. The number of aryl methyl sites for hydroxylation is 2. The summed E-state index contributed by atoms with van der Waals surface area (Å²) in [6.45, 7) is 3.94. The molecule has 0 saturated heterocycles. The first-order chi connectivity index (χ1) is 12.5. The van der Waals surface area contributed by atoms with E-state index in [-0.39, 0.29) is 36.8 Å². The number of carbonyl (C=O) groups excluding carboxylic acids is 1. The van der Waals surface area contributed by atoms with E-state index in [9.17, 15) is 4.79 Å². The van der Waals surface area contributed by atoms with Crippen LogP contribution in [0.2, 0.25) is 0 Å². The van der Waals surface area contributed by atoms with Crippen molar-refractivity contribution in [2.24, 2.45) is 7.05 Å². The van der Waals surface area contributed by atoms with E-state index in [0.717, 1.165) is 22.6 Å². The molecule has 2 atom stereocenters. The summed E-state index contributed by atoms with van der Waals surface area (Å²) in [4.78, 5) is 16.9. The standard InChI is InChI=1S/C19H24N6O.2ClH/c1-13(23-19(26)18(20-3)16-11-22-24(4)12-16)15-5-7-17(8-6-15)25-10-9-21-14(25)2;;/h5-13,18,20H,1-4H3,(H,23,26);2*1H. The number of nitrogens with one attached hydrogen (secondary N) is 2. The molecule has 0 aliphatic rings. The molecule has 0 aliphatic carbocycles. The zero-order valence-corrected chi connectivity index (χ0v) is 17.9. The Labute approximate surface area is 177 Å². The lowest BCUT2D eigenvalue weighted by Gasteiger charge is -2.20. The van der Waals surface area contributed by atoms with E-state index in [2.05, 4.69) is 20.7 Å². The molecule has 0 bridgehead atoms. The molecule has 0 spiro atoms. The number of hydrogen-bond acceptors (Lipinski definition) is 4. The first-order valence-corrected chi connectivity index (χ1v) is 8.56. The number of likely N-dealkylation sites (N-methyl/N-ethyl adjacent to an activating group) is 1. The van der Waals surface area contributed by atoms with Crippen LogP contribution in [0.15, 0.2) is 49.1 Å². The van der Waals surface area contributed by atoms with Gasteiger partial charge in [-0.3, -0.25) is 9.48 Å². The van der Waals surface area contributed by atoms with Crippen LogP contribution in [0.1, 0.15) is 36.0 Å². The summed E-state index contributed by atoms with van der Waals surface area (Å²) in [5, 5.41) is 10.2. The lowest BCUT2D eigenvalue weighted by Crippen LogP contribution is -2.37. The number of halogens is 2. The van der Waals surface area contributed by atoms with E-state index in [0.29, 0.717) is 0 Å². The Kier molecular flexibility index (Phi) is 8.68.